The molecular weight excluding hydrogens is 192 g/mol. The molecule has 90 valence electrons. The molecule has 4 heteroatoms. The van der Waals surface area contributed by atoms with Crippen molar-refractivity contribution in [2.24, 2.45) is 0 Å². The van der Waals surface area contributed by atoms with Gasteiger partial charge in [0.1, 0.15) is 0 Å². The van der Waals surface area contributed by atoms with Crippen LogP contribution in [-0.2, 0) is 0 Å². The van der Waals surface area contributed by atoms with Gasteiger partial charge in [-0.1, -0.05) is 6.92 Å². The van der Waals surface area contributed by atoms with Crippen LogP contribution in [0.5, 0.6) is 0 Å². The van der Waals surface area contributed by atoms with E-state index in [1.165, 1.54) is 0 Å². The molecule has 0 fully saturated rings. The van der Waals surface area contributed by atoms with Crippen molar-refractivity contribution in [2.75, 3.05) is 13.1 Å². The van der Waals surface area contributed by atoms with Gasteiger partial charge in [-0.25, -0.2) is 4.79 Å². The minimum atomic E-state index is -0.941. The maximum atomic E-state index is 10.5. The van der Waals surface area contributed by atoms with Gasteiger partial charge in [0.25, 0.3) is 0 Å². The van der Waals surface area contributed by atoms with Crippen molar-refractivity contribution in [1.82, 2.24) is 10.6 Å². The van der Waals surface area contributed by atoms with Crippen LogP contribution in [0, 0.1) is 0 Å². The van der Waals surface area contributed by atoms with Gasteiger partial charge in [-0.2, -0.15) is 0 Å². The number of nitrogens with one attached hydrogen (secondary N) is 2. The molecule has 0 heterocycles. The summed E-state index contributed by atoms with van der Waals surface area (Å²) in [6.45, 7) is 8.07. The van der Waals surface area contributed by atoms with Gasteiger partial charge in [0.05, 0.1) is 0 Å². The average Bonchev–Trinajstić information content (AvgIpc) is 2.08. The number of carboxylic acid groups (broad SMARTS) is 1. The SMILES string of the molecule is CCCNCCCCC(C)(C)NC(=O)O. The lowest BCUT2D eigenvalue weighted by atomic mass is 9.97. The number of unbranched alkanes of at least 4 members (excludes halogenated alkanes) is 1. The Kier molecular flexibility index (Phi) is 7.13. The summed E-state index contributed by atoms with van der Waals surface area (Å²) in [5.74, 6) is 0. The lowest BCUT2D eigenvalue weighted by Crippen LogP contribution is -2.42. The molecule has 0 saturated heterocycles. The summed E-state index contributed by atoms with van der Waals surface area (Å²) in [6, 6.07) is 0. The molecule has 0 aromatic carbocycles. The Bertz CT molecular complexity index is 181. The highest BCUT2D eigenvalue weighted by molar-refractivity contribution is 5.65. The number of amides is 1. The number of hydrogen-bond acceptors (Lipinski definition) is 2. The molecule has 0 unspecified atom stereocenters. The first kappa shape index (κ1) is 14.2. The van der Waals surface area contributed by atoms with Crippen LogP contribution >= 0.6 is 0 Å². The van der Waals surface area contributed by atoms with Crippen LogP contribution in [0.2, 0.25) is 0 Å². The largest absolute Gasteiger partial charge is 0.465 e. The van der Waals surface area contributed by atoms with E-state index in [2.05, 4.69) is 17.6 Å². The summed E-state index contributed by atoms with van der Waals surface area (Å²) in [5.41, 5.74) is -0.309. The van der Waals surface area contributed by atoms with E-state index < -0.39 is 6.09 Å². The molecule has 0 aliphatic heterocycles. The first-order valence-corrected chi connectivity index (χ1v) is 5.70. The molecule has 0 aliphatic rings. The van der Waals surface area contributed by atoms with Crippen LogP contribution < -0.4 is 10.6 Å². The van der Waals surface area contributed by atoms with Crippen LogP contribution in [-0.4, -0.2) is 29.8 Å². The second-order valence-electron chi connectivity index (χ2n) is 4.52. The number of rotatable bonds is 8. The lowest BCUT2D eigenvalue weighted by molar-refractivity contribution is 0.180. The standard InChI is InChI=1S/C11H24N2O2/c1-4-8-12-9-6-5-7-11(2,3)13-10(14)15/h12-13H,4-9H2,1-3H3,(H,14,15). The van der Waals surface area contributed by atoms with Crippen LogP contribution in [0.3, 0.4) is 0 Å². The third-order valence-corrected chi connectivity index (χ3v) is 2.28. The highest BCUT2D eigenvalue weighted by Gasteiger charge is 2.18. The van der Waals surface area contributed by atoms with E-state index in [1.54, 1.807) is 0 Å². The van der Waals surface area contributed by atoms with E-state index in [0.717, 1.165) is 38.8 Å². The fourth-order valence-corrected chi connectivity index (χ4v) is 1.47. The van der Waals surface area contributed by atoms with Crippen molar-refractivity contribution < 1.29 is 9.90 Å². The smallest absolute Gasteiger partial charge is 0.405 e. The van der Waals surface area contributed by atoms with Gasteiger partial charge in [-0.05, 0) is 52.6 Å². The second kappa shape index (κ2) is 7.51. The minimum Gasteiger partial charge on any atom is -0.465 e. The average molecular weight is 216 g/mol. The molecule has 15 heavy (non-hydrogen) atoms. The Morgan fingerprint density at radius 1 is 1.27 bits per heavy atom. The Labute approximate surface area is 92.4 Å². The Hall–Kier alpha value is -0.770. The number of carbonyl (C=O) groups is 1. The zero-order valence-electron chi connectivity index (χ0n) is 10.1. The van der Waals surface area contributed by atoms with Crippen LogP contribution in [0.1, 0.15) is 46.5 Å². The molecule has 0 bridgehead atoms. The Morgan fingerprint density at radius 2 is 1.93 bits per heavy atom. The third kappa shape index (κ3) is 9.53. The van der Waals surface area contributed by atoms with Gasteiger partial charge in [0, 0.05) is 5.54 Å². The van der Waals surface area contributed by atoms with Gasteiger partial charge in [0.15, 0.2) is 0 Å². The van der Waals surface area contributed by atoms with Crippen LogP contribution in [0.25, 0.3) is 0 Å². The first-order chi connectivity index (χ1) is 6.98. The molecule has 0 aromatic rings. The summed E-state index contributed by atoms with van der Waals surface area (Å²) >= 11 is 0. The topological polar surface area (TPSA) is 61.4 Å². The van der Waals surface area contributed by atoms with Crippen LogP contribution in [0.4, 0.5) is 4.79 Å². The third-order valence-electron chi connectivity index (χ3n) is 2.28. The zero-order valence-corrected chi connectivity index (χ0v) is 10.1. The van der Waals surface area contributed by atoms with Crippen molar-refractivity contribution in [1.29, 1.82) is 0 Å². The number of hydrogen-bond donors (Lipinski definition) is 3. The molecule has 4 nitrogen and oxygen atoms in total. The molecule has 0 atom stereocenters. The molecule has 0 aromatic heterocycles. The van der Waals surface area contributed by atoms with Gasteiger partial charge < -0.3 is 15.7 Å². The van der Waals surface area contributed by atoms with Crippen molar-refractivity contribution in [2.45, 2.75) is 52.0 Å². The van der Waals surface area contributed by atoms with E-state index in [9.17, 15) is 4.79 Å². The molecule has 0 spiro atoms. The Morgan fingerprint density at radius 3 is 2.47 bits per heavy atom. The predicted octanol–water partition coefficient (Wildman–Crippen LogP) is 2.20. The summed E-state index contributed by atoms with van der Waals surface area (Å²) in [7, 11) is 0. The van der Waals surface area contributed by atoms with Crippen LogP contribution in [0.15, 0.2) is 0 Å². The molecule has 0 saturated carbocycles. The van der Waals surface area contributed by atoms with Gasteiger partial charge in [-0.3, -0.25) is 0 Å². The summed E-state index contributed by atoms with van der Waals surface area (Å²) < 4.78 is 0. The molecule has 0 aliphatic carbocycles. The summed E-state index contributed by atoms with van der Waals surface area (Å²) in [6.07, 6.45) is 3.25. The quantitative estimate of drug-likeness (QED) is 0.545. The molecule has 1 amide bonds. The normalized spacial score (nSPS) is 11.4. The van der Waals surface area contributed by atoms with Gasteiger partial charge >= 0.3 is 6.09 Å². The lowest BCUT2D eigenvalue weighted by Gasteiger charge is -2.24. The monoisotopic (exact) mass is 216 g/mol. The van der Waals surface area contributed by atoms with Gasteiger partial charge in [0.2, 0.25) is 0 Å². The maximum Gasteiger partial charge on any atom is 0.405 e. The highest BCUT2D eigenvalue weighted by Crippen LogP contribution is 2.12. The highest BCUT2D eigenvalue weighted by atomic mass is 16.4. The first-order valence-electron chi connectivity index (χ1n) is 5.70. The van der Waals surface area contributed by atoms with Crippen molar-refractivity contribution >= 4 is 6.09 Å². The molecule has 0 rings (SSSR count). The molecule has 3 N–H and O–H groups in total. The van der Waals surface area contributed by atoms with Crippen molar-refractivity contribution in [3.63, 3.8) is 0 Å². The maximum absolute atomic E-state index is 10.5. The fraction of sp³-hybridized carbons (Fsp3) is 0.909. The predicted molar refractivity (Wildman–Crippen MR) is 62.3 cm³/mol. The van der Waals surface area contributed by atoms with E-state index in [-0.39, 0.29) is 5.54 Å². The fourth-order valence-electron chi connectivity index (χ4n) is 1.47. The van der Waals surface area contributed by atoms with Crippen molar-refractivity contribution in [3.05, 3.63) is 0 Å². The van der Waals surface area contributed by atoms with E-state index in [4.69, 9.17) is 5.11 Å². The Balaban J connectivity index is 3.44. The zero-order chi connectivity index (χ0) is 11.7. The molecule has 0 radical (unpaired) electrons. The summed E-state index contributed by atoms with van der Waals surface area (Å²) in [4.78, 5) is 10.5. The summed E-state index contributed by atoms with van der Waals surface area (Å²) in [5, 5.41) is 14.4. The van der Waals surface area contributed by atoms with Crippen molar-refractivity contribution in [3.8, 4) is 0 Å². The van der Waals surface area contributed by atoms with E-state index in [0.29, 0.717) is 0 Å². The second-order valence-corrected chi connectivity index (χ2v) is 4.52. The minimum absolute atomic E-state index is 0.309. The van der Waals surface area contributed by atoms with Gasteiger partial charge in [-0.15, -0.1) is 0 Å². The molecular formula is C11H24N2O2. The van der Waals surface area contributed by atoms with E-state index >= 15 is 0 Å². The van der Waals surface area contributed by atoms with E-state index in [1.807, 2.05) is 13.8 Å².